The van der Waals surface area contributed by atoms with Crippen LogP contribution in [-0.2, 0) is 4.79 Å². The number of anilines is 1. The molecule has 4 heteroatoms. The van der Waals surface area contributed by atoms with Gasteiger partial charge in [-0.15, -0.1) is 12.4 Å². The number of unbranched alkanes of at least 4 members (excludes halogenated alkanes) is 6. The van der Waals surface area contributed by atoms with Gasteiger partial charge in [-0.1, -0.05) is 63.1 Å². The maximum Gasteiger partial charge on any atom is 0.227 e. The van der Waals surface area contributed by atoms with Crippen LogP contribution in [-0.4, -0.2) is 37.0 Å². The SMILES string of the molecule is CCCCCCCCCC(=O)N1c2ccc(C)cc2C2CN(C)CCC21.Cl. The number of aryl methyl sites for hydroxylation is 1. The fourth-order valence-electron chi connectivity index (χ4n) is 4.76. The number of carbonyl (C=O) groups is 1. The number of hydrogen-bond acceptors (Lipinski definition) is 2. The van der Waals surface area contributed by atoms with Crippen LogP contribution in [0.1, 0.15) is 81.8 Å². The lowest BCUT2D eigenvalue weighted by molar-refractivity contribution is -0.119. The highest BCUT2D eigenvalue weighted by molar-refractivity contribution is 5.96. The van der Waals surface area contributed by atoms with E-state index in [1.165, 1.54) is 55.3 Å². The van der Waals surface area contributed by atoms with Crippen molar-refractivity contribution >= 4 is 24.0 Å². The molecule has 0 spiro atoms. The number of nitrogens with zero attached hydrogens (tertiary/aromatic N) is 2. The Morgan fingerprint density at radius 3 is 2.56 bits per heavy atom. The number of benzene rings is 1. The first-order chi connectivity index (χ1) is 12.6. The van der Waals surface area contributed by atoms with Crippen LogP contribution >= 0.6 is 12.4 Å². The Balaban J connectivity index is 0.00000261. The molecule has 0 radical (unpaired) electrons. The zero-order chi connectivity index (χ0) is 18.5. The standard InChI is InChI=1S/C23H36N2O.ClH/c1-4-5-6-7-8-9-10-11-23(26)25-21-13-12-18(2)16-19(21)20-17-24(3)15-14-22(20)25;/h12-13,16,20,22H,4-11,14-15,17H2,1-3H3;1H. The number of hydrogen-bond donors (Lipinski definition) is 0. The molecule has 1 aromatic carbocycles. The first-order valence-corrected chi connectivity index (χ1v) is 10.7. The molecule has 2 atom stereocenters. The van der Waals surface area contributed by atoms with E-state index in [0.29, 0.717) is 24.3 Å². The molecule has 0 bridgehead atoms. The van der Waals surface area contributed by atoms with E-state index in [2.05, 4.69) is 48.9 Å². The molecule has 3 rings (SSSR count). The van der Waals surface area contributed by atoms with E-state index in [9.17, 15) is 4.79 Å². The van der Waals surface area contributed by atoms with Crippen LogP contribution in [0, 0.1) is 6.92 Å². The Hall–Kier alpha value is -1.06. The molecular formula is C23H37ClN2O. The number of likely N-dealkylation sites (tertiary alicyclic amines) is 1. The van der Waals surface area contributed by atoms with Crippen molar-refractivity contribution in [1.29, 1.82) is 0 Å². The zero-order valence-corrected chi connectivity index (χ0v) is 18.2. The summed E-state index contributed by atoms with van der Waals surface area (Å²) in [6.07, 6.45) is 10.6. The van der Waals surface area contributed by atoms with Crippen molar-refractivity contribution < 1.29 is 4.79 Å². The molecule has 1 fully saturated rings. The third-order valence-electron chi connectivity index (χ3n) is 6.22. The summed E-state index contributed by atoms with van der Waals surface area (Å²) < 4.78 is 0. The first kappa shape index (κ1) is 22.2. The number of amides is 1. The van der Waals surface area contributed by atoms with Crippen LogP contribution in [0.2, 0.25) is 0 Å². The molecule has 2 heterocycles. The van der Waals surface area contributed by atoms with E-state index >= 15 is 0 Å². The van der Waals surface area contributed by atoms with Gasteiger partial charge in [0.05, 0.1) is 0 Å². The highest BCUT2D eigenvalue weighted by Gasteiger charge is 2.43. The monoisotopic (exact) mass is 392 g/mol. The van der Waals surface area contributed by atoms with Crippen LogP contribution in [0.15, 0.2) is 18.2 Å². The number of rotatable bonds is 8. The van der Waals surface area contributed by atoms with Crippen LogP contribution in [0.4, 0.5) is 5.69 Å². The number of piperidine rings is 1. The third-order valence-corrected chi connectivity index (χ3v) is 6.22. The molecule has 1 amide bonds. The van der Waals surface area contributed by atoms with Crippen molar-refractivity contribution in [3.63, 3.8) is 0 Å². The van der Waals surface area contributed by atoms with Crippen LogP contribution in [0.25, 0.3) is 0 Å². The number of carbonyl (C=O) groups excluding carboxylic acids is 1. The highest BCUT2D eigenvalue weighted by Crippen LogP contribution is 2.45. The van der Waals surface area contributed by atoms with Gasteiger partial charge >= 0.3 is 0 Å². The predicted octanol–water partition coefficient (Wildman–Crippen LogP) is 5.69. The van der Waals surface area contributed by atoms with E-state index in [1.54, 1.807) is 0 Å². The molecule has 1 aromatic rings. The van der Waals surface area contributed by atoms with Gasteiger partial charge in [0.25, 0.3) is 0 Å². The second-order valence-electron chi connectivity index (χ2n) is 8.42. The molecule has 1 saturated heterocycles. The fraction of sp³-hybridized carbons (Fsp3) is 0.696. The lowest BCUT2D eigenvalue weighted by Crippen LogP contribution is -2.47. The highest BCUT2D eigenvalue weighted by atomic mass is 35.5. The molecule has 0 aromatic heterocycles. The number of halogens is 1. The van der Waals surface area contributed by atoms with Gasteiger partial charge in [0, 0.05) is 30.6 Å². The number of likely N-dealkylation sites (N-methyl/N-ethyl adjacent to an activating group) is 1. The lowest BCUT2D eigenvalue weighted by atomic mass is 9.89. The van der Waals surface area contributed by atoms with E-state index in [-0.39, 0.29) is 12.4 Å². The van der Waals surface area contributed by atoms with Gasteiger partial charge < -0.3 is 9.80 Å². The van der Waals surface area contributed by atoms with Gasteiger partial charge in [0.1, 0.15) is 0 Å². The lowest BCUT2D eigenvalue weighted by Gasteiger charge is -2.36. The van der Waals surface area contributed by atoms with Crippen molar-refractivity contribution in [3.8, 4) is 0 Å². The van der Waals surface area contributed by atoms with Crippen molar-refractivity contribution in [1.82, 2.24) is 4.90 Å². The minimum Gasteiger partial charge on any atom is -0.308 e. The maximum absolute atomic E-state index is 13.1. The Morgan fingerprint density at radius 1 is 1.11 bits per heavy atom. The molecule has 2 aliphatic heterocycles. The minimum atomic E-state index is 0. The quantitative estimate of drug-likeness (QED) is 0.530. The first-order valence-electron chi connectivity index (χ1n) is 10.7. The topological polar surface area (TPSA) is 23.6 Å². The smallest absolute Gasteiger partial charge is 0.227 e. The van der Waals surface area contributed by atoms with E-state index in [1.807, 2.05) is 0 Å². The summed E-state index contributed by atoms with van der Waals surface area (Å²) in [4.78, 5) is 17.7. The van der Waals surface area contributed by atoms with Crippen molar-refractivity contribution in [2.45, 2.75) is 83.6 Å². The summed E-state index contributed by atoms with van der Waals surface area (Å²) >= 11 is 0. The van der Waals surface area contributed by atoms with E-state index < -0.39 is 0 Å². The fourth-order valence-corrected chi connectivity index (χ4v) is 4.76. The zero-order valence-electron chi connectivity index (χ0n) is 17.4. The van der Waals surface area contributed by atoms with Crippen molar-refractivity contribution in [2.24, 2.45) is 0 Å². The summed E-state index contributed by atoms with van der Waals surface area (Å²) in [5.74, 6) is 0.836. The second kappa shape index (κ2) is 10.5. The molecule has 152 valence electrons. The molecule has 2 unspecified atom stereocenters. The minimum absolute atomic E-state index is 0. The van der Waals surface area contributed by atoms with Gasteiger partial charge in [-0.05, 0) is 45.0 Å². The Bertz CT molecular complexity index is 618. The van der Waals surface area contributed by atoms with Crippen LogP contribution in [0.3, 0.4) is 0 Å². The normalized spacial score (nSPS) is 21.5. The molecular weight excluding hydrogens is 356 g/mol. The molecule has 0 N–H and O–H groups in total. The van der Waals surface area contributed by atoms with Crippen LogP contribution in [0.5, 0.6) is 0 Å². The van der Waals surface area contributed by atoms with Gasteiger partial charge in [-0.2, -0.15) is 0 Å². The Labute approximate surface area is 171 Å². The largest absolute Gasteiger partial charge is 0.308 e. The summed E-state index contributed by atoms with van der Waals surface area (Å²) in [6, 6.07) is 7.03. The second-order valence-corrected chi connectivity index (χ2v) is 8.42. The van der Waals surface area contributed by atoms with Gasteiger partial charge in [-0.25, -0.2) is 0 Å². The Morgan fingerprint density at radius 2 is 1.81 bits per heavy atom. The summed E-state index contributed by atoms with van der Waals surface area (Å²) in [7, 11) is 2.20. The molecule has 3 nitrogen and oxygen atoms in total. The van der Waals surface area contributed by atoms with Crippen molar-refractivity contribution in [2.75, 3.05) is 25.0 Å². The maximum atomic E-state index is 13.1. The van der Waals surface area contributed by atoms with Gasteiger partial charge in [0.15, 0.2) is 0 Å². The average molecular weight is 393 g/mol. The molecule has 0 saturated carbocycles. The van der Waals surface area contributed by atoms with E-state index in [0.717, 1.165) is 25.9 Å². The number of fused-ring (bicyclic) bond motifs is 3. The summed E-state index contributed by atoms with van der Waals surface area (Å²) in [5, 5.41) is 0. The molecule has 27 heavy (non-hydrogen) atoms. The van der Waals surface area contributed by atoms with Gasteiger partial charge in [0.2, 0.25) is 5.91 Å². The van der Waals surface area contributed by atoms with Gasteiger partial charge in [-0.3, -0.25) is 4.79 Å². The van der Waals surface area contributed by atoms with Crippen LogP contribution < -0.4 is 4.90 Å². The molecule has 0 aliphatic carbocycles. The summed E-state index contributed by atoms with van der Waals surface area (Å²) in [6.45, 7) is 6.58. The van der Waals surface area contributed by atoms with Crippen molar-refractivity contribution in [3.05, 3.63) is 29.3 Å². The molecule has 2 aliphatic rings. The average Bonchev–Trinajstić information content (AvgIpc) is 2.94. The van der Waals surface area contributed by atoms with E-state index in [4.69, 9.17) is 0 Å². The predicted molar refractivity (Wildman–Crippen MR) is 117 cm³/mol. The summed E-state index contributed by atoms with van der Waals surface area (Å²) in [5.41, 5.74) is 3.89. The Kier molecular flexibility index (Phi) is 8.62. The third kappa shape index (κ3) is 5.26.